The Balaban J connectivity index is 2.00. The molecule has 0 atom stereocenters. The van der Waals surface area contributed by atoms with E-state index in [2.05, 4.69) is 6.92 Å². The first-order chi connectivity index (χ1) is 10.2. The summed E-state index contributed by atoms with van der Waals surface area (Å²) in [5, 5.41) is 0. The van der Waals surface area contributed by atoms with E-state index >= 15 is 0 Å². The molecule has 0 aliphatic rings. The van der Waals surface area contributed by atoms with E-state index in [9.17, 15) is 4.79 Å². The van der Waals surface area contributed by atoms with Gasteiger partial charge in [-0.05, 0) is 49.2 Å². The van der Waals surface area contributed by atoms with Crippen molar-refractivity contribution in [2.45, 2.75) is 26.7 Å². The summed E-state index contributed by atoms with van der Waals surface area (Å²) in [6, 6.07) is 11.7. The summed E-state index contributed by atoms with van der Waals surface area (Å²) in [5.41, 5.74) is 0.997. The van der Waals surface area contributed by atoms with Crippen LogP contribution in [0, 0.1) is 0 Å². The van der Waals surface area contributed by atoms with E-state index in [-0.39, 0.29) is 5.78 Å². The van der Waals surface area contributed by atoms with E-state index in [0.717, 1.165) is 29.0 Å². The summed E-state index contributed by atoms with van der Waals surface area (Å²) in [5.74, 6) is 0.916. The van der Waals surface area contributed by atoms with Crippen LogP contribution in [0.25, 0.3) is 6.08 Å². The SMILES string of the molecule is CCCc1ccc(C(=O)/C=C/c2ccc(OCC)cc2)s1. The van der Waals surface area contributed by atoms with Crippen LogP contribution in [0.3, 0.4) is 0 Å². The van der Waals surface area contributed by atoms with Crippen LogP contribution in [0.2, 0.25) is 0 Å². The monoisotopic (exact) mass is 300 g/mol. The second kappa shape index (κ2) is 7.79. The van der Waals surface area contributed by atoms with Gasteiger partial charge in [0.25, 0.3) is 0 Å². The van der Waals surface area contributed by atoms with Crippen molar-refractivity contribution in [3.8, 4) is 5.75 Å². The van der Waals surface area contributed by atoms with E-state index in [1.807, 2.05) is 49.4 Å². The number of carbonyl (C=O) groups is 1. The van der Waals surface area contributed by atoms with Gasteiger partial charge in [-0.25, -0.2) is 0 Å². The van der Waals surface area contributed by atoms with Crippen molar-refractivity contribution in [2.75, 3.05) is 6.61 Å². The highest BCUT2D eigenvalue weighted by molar-refractivity contribution is 7.14. The predicted octanol–water partition coefficient (Wildman–Crippen LogP) is 5.00. The van der Waals surface area contributed by atoms with Crippen LogP contribution < -0.4 is 4.74 Å². The highest BCUT2D eigenvalue weighted by Crippen LogP contribution is 2.19. The largest absolute Gasteiger partial charge is 0.494 e. The Morgan fingerprint density at radius 1 is 1.14 bits per heavy atom. The third-order valence-electron chi connectivity index (χ3n) is 3.02. The van der Waals surface area contributed by atoms with Crippen molar-refractivity contribution in [1.82, 2.24) is 0 Å². The quantitative estimate of drug-likeness (QED) is 0.531. The normalized spacial score (nSPS) is 11.0. The highest BCUT2D eigenvalue weighted by Gasteiger charge is 2.05. The molecule has 0 aliphatic heterocycles. The third kappa shape index (κ3) is 4.57. The zero-order chi connectivity index (χ0) is 15.1. The first kappa shape index (κ1) is 15.5. The van der Waals surface area contributed by atoms with Gasteiger partial charge in [-0.3, -0.25) is 4.79 Å². The lowest BCUT2D eigenvalue weighted by molar-refractivity contribution is 0.105. The molecule has 0 N–H and O–H groups in total. The molecule has 1 heterocycles. The van der Waals surface area contributed by atoms with Crippen molar-refractivity contribution in [3.63, 3.8) is 0 Å². The number of aryl methyl sites for hydroxylation is 1. The number of allylic oxidation sites excluding steroid dienone is 1. The molecule has 0 saturated carbocycles. The molecule has 2 aromatic rings. The molecular weight excluding hydrogens is 280 g/mol. The Kier molecular flexibility index (Phi) is 5.76. The number of rotatable bonds is 7. The first-order valence-electron chi connectivity index (χ1n) is 7.27. The van der Waals surface area contributed by atoms with E-state index in [4.69, 9.17) is 4.74 Å². The molecule has 2 nitrogen and oxygen atoms in total. The summed E-state index contributed by atoms with van der Waals surface area (Å²) in [4.78, 5) is 14.2. The summed E-state index contributed by atoms with van der Waals surface area (Å²) in [7, 11) is 0. The number of hydrogen-bond acceptors (Lipinski definition) is 3. The number of thiophene rings is 1. The van der Waals surface area contributed by atoms with Gasteiger partial charge in [0, 0.05) is 4.88 Å². The van der Waals surface area contributed by atoms with Gasteiger partial charge in [0.1, 0.15) is 5.75 Å². The maximum absolute atomic E-state index is 12.1. The molecule has 3 heteroatoms. The molecular formula is C18H20O2S. The van der Waals surface area contributed by atoms with Crippen molar-refractivity contribution in [2.24, 2.45) is 0 Å². The Labute approximate surface area is 130 Å². The fourth-order valence-corrected chi connectivity index (χ4v) is 3.02. The molecule has 21 heavy (non-hydrogen) atoms. The second-order valence-electron chi connectivity index (χ2n) is 4.72. The van der Waals surface area contributed by atoms with Crippen LogP contribution in [0.5, 0.6) is 5.75 Å². The lowest BCUT2D eigenvalue weighted by Crippen LogP contribution is -1.91. The second-order valence-corrected chi connectivity index (χ2v) is 5.88. The third-order valence-corrected chi connectivity index (χ3v) is 4.18. The summed E-state index contributed by atoms with van der Waals surface area (Å²) < 4.78 is 5.39. The van der Waals surface area contributed by atoms with Crippen molar-refractivity contribution >= 4 is 23.2 Å². The summed E-state index contributed by atoms with van der Waals surface area (Å²) in [6.45, 7) is 4.76. The van der Waals surface area contributed by atoms with Crippen LogP contribution >= 0.6 is 11.3 Å². The highest BCUT2D eigenvalue weighted by atomic mass is 32.1. The fourth-order valence-electron chi connectivity index (χ4n) is 1.99. The molecule has 0 aliphatic carbocycles. The lowest BCUT2D eigenvalue weighted by Gasteiger charge is -2.02. The van der Waals surface area contributed by atoms with Crippen LogP contribution in [-0.4, -0.2) is 12.4 Å². The van der Waals surface area contributed by atoms with Crippen LogP contribution in [0.15, 0.2) is 42.5 Å². The minimum Gasteiger partial charge on any atom is -0.494 e. The van der Waals surface area contributed by atoms with Crippen LogP contribution in [0.4, 0.5) is 0 Å². The molecule has 110 valence electrons. The summed E-state index contributed by atoms with van der Waals surface area (Å²) in [6.07, 6.45) is 5.63. The average Bonchev–Trinajstić information content (AvgIpc) is 2.96. The Hall–Kier alpha value is -1.87. The molecule has 0 amide bonds. The Bertz CT molecular complexity index is 608. The van der Waals surface area contributed by atoms with Gasteiger partial charge >= 0.3 is 0 Å². The fraction of sp³-hybridized carbons (Fsp3) is 0.278. The van der Waals surface area contributed by atoms with Crippen LogP contribution in [-0.2, 0) is 6.42 Å². The number of benzene rings is 1. The zero-order valence-corrected chi connectivity index (χ0v) is 13.3. The molecule has 2 rings (SSSR count). The minimum absolute atomic E-state index is 0.0660. The Morgan fingerprint density at radius 3 is 2.57 bits per heavy atom. The molecule has 0 saturated heterocycles. The average molecular weight is 300 g/mol. The molecule has 1 aromatic heterocycles. The Morgan fingerprint density at radius 2 is 1.90 bits per heavy atom. The van der Waals surface area contributed by atoms with E-state index in [1.54, 1.807) is 17.4 Å². The van der Waals surface area contributed by atoms with Crippen molar-refractivity contribution in [3.05, 3.63) is 57.8 Å². The zero-order valence-electron chi connectivity index (χ0n) is 12.5. The van der Waals surface area contributed by atoms with Gasteiger partial charge < -0.3 is 4.74 Å². The number of hydrogen-bond donors (Lipinski definition) is 0. The maximum Gasteiger partial charge on any atom is 0.195 e. The van der Waals surface area contributed by atoms with Gasteiger partial charge in [-0.2, -0.15) is 0 Å². The summed E-state index contributed by atoms with van der Waals surface area (Å²) >= 11 is 1.59. The first-order valence-corrected chi connectivity index (χ1v) is 8.08. The standard InChI is InChI=1S/C18H20O2S/c1-3-5-16-11-13-18(21-16)17(19)12-8-14-6-9-15(10-7-14)20-4-2/h6-13H,3-5H2,1-2H3/b12-8+. The maximum atomic E-state index is 12.1. The van der Waals surface area contributed by atoms with Crippen molar-refractivity contribution < 1.29 is 9.53 Å². The topological polar surface area (TPSA) is 26.3 Å². The molecule has 0 fully saturated rings. The number of ketones is 1. The number of carbonyl (C=O) groups excluding carboxylic acids is 1. The van der Waals surface area contributed by atoms with Crippen LogP contribution in [0.1, 0.15) is 40.4 Å². The van der Waals surface area contributed by atoms with Crippen molar-refractivity contribution in [1.29, 1.82) is 0 Å². The van der Waals surface area contributed by atoms with Gasteiger partial charge in [0.15, 0.2) is 5.78 Å². The van der Waals surface area contributed by atoms with Gasteiger partial charge in [-0.15, -0.1) is 11.3 Å². The molecule has 0 bridgehead atoms. The number of ether oxygens (including phenoxy) is 1. The lowest BCUT2D eigenvalue weighted by atomic mass is 10.2. The smallest absolute Gasteiger partial charge is 0.195 e. The van der Waals surface area contributed by atoms with Gasteiger partial charge in [0.05, 0.1) is 11.5 Å². The molecule has 0 radical (unpaired) electrons. The molecule has 0 spiro atoms. The van der Waals surface area contributed by atoms with E-state index in [0.29, 0.717) is 6.61 Å². The van der Waals surface area contributed by atoms with Gasteiger partial charge in [0.2, 0.25) is 0 Å². The molecule has 0 unspecified atom stereocenters. The minimum atomic E-state index is 0.0660. The predicted molar refractivity (Wildman–Crippen MR) is 89.3 cm³/mol. The van der Waals surface area contributed by atoms with Gasteiger partial charge in [-0.1, -0.05) is 31.6 Å². The van der Waals surface area contributed by atoms with E-state index < -0.39 is 0 Å². The van der Waals surface area contributed by atoms with E-state index in [1.165, 1.54) is 4.88 Å². The molecule has 1 aromatic carbocycles.